The van der Waals surface area contributed by atoms with Gasteiger partial charge in [0.15, 0.2) is 17.3 Å². The summed E-state index contributed by atoms with van der Waals surface area (Å²) in [6.07, 6.45) is -7.98. The predicted octanol–water partition coefficient (Wildman–Crippen LogP) is 5.44. The summed E-state index contributed by atoms with van der Waals surface area (Å²) in [5.41, 5.74) is -4.15. The van der Waals surface area contributed by atoms with E-state index in [-0.39, 0.29) is 17.2 Å². The monoisotopic (exact) mass is 559 g/mol. The molecule has 0 unspecified atom stereocenters. The molecule has 0 saturated heterocycles. The standard InChI is InChI=1S/C21H15F10N5O2/c1-35-17(14(38-18(22)23)15(34-35)19(24,25)21(29,30)31)36-8-10(7-32-36)9-2-5-13(20(26,27)28)12(6-9)16(37)33-11-3-4-11/h2,5-8,11,18H,3-4H2,1H3,(H,33,37). The number of aromatic nitrogens is 4. The zero-order chi connectivity index (χ0) is 28.2. The number of nitrogens with zero attached hydrogens (tertiary/aromatic N) is 4. The van der Waals surface area contributed by atoms with Crippen molar-refractivity contribution in [2.45, 2.75) is 43.8 Å². The van der Waals surface area contributed by atoms with Crippen molar-refractivity contribution >= 4 is 5.91 Å². The Morgan fingerprint density at radius 3 is 2.29 bits per heavy atom. The first kappa shape index (κ1) is 27.3. The van der Waals surface area contributed by atoms with Crippen molar-refractivity contribution in [3.05, 3.63) is 47.4 Å². The molecule has 0 spiro atoms. The topological polar surface area (TPSA) is 74.0 Å². The number of alkyl halides is 10. The molecular formula is C21H15F10N5O2. The Morgan fingerprint density at radius 1 is 1.08 bits per heavy atom. The van der Waals surface area contributed by atoms with E-state index in [1.807, 2.05) is 0 Å². The van der Waals surface area contributed by atoms with Gasteiger partial charge in [0, 0.05) is 24.8 Å². The first-order valence-electron chi connectivity index (χ1n) is 10.5. The summed E-state index contributed by atoms with van der Waals surface area (Å²) in [4.78, 5) is 12.4. The number of carbonyl (C=O) groups is 1. The van der Waals surface area contributed by atoms with Crippen LogP contribution in [0.1, 0.15) is 34.5 Å². The molecule has 0 aliphatic heterocycles. The second-order valence-corrected chi connectivity index (χ2v) is 8.26. The van der Waals surface area contributed by atoms with Crippen LogP contribution < -0.4 is 10.1 Å². The van der Waals surface area contributed by atoms with Gasteiger partial charge in [-0.2, -0.15) is 54.1 Å². The highest BCUT2D eigenvalue weighted by atomic mass is 19.4. The fourth-order valence-electron chi connectivity index (χ4n) is 3.52. The lowest BCUT2D eigenvalue weighted by atomic mass is 10.00. The van der Waals surface area contributed by atoms with Gasteiger partial charge in [0.2, 0.25) is 0 Å². The number of rotatable bonds is 7. The summed E-state index contributed by atoms with van der Waals surface area (Å²) in [5, 5.41) is 9.19. The van der Waals surface area contributed by atoms with Crippen LogP contribution in [-0.2, 0) is 19.1 Å². The van der Waals surface area contributed by atoms with Crippen molar-refractivity contribution in [2.24, 2.45) is 7.05 Å². The van der Waals surface area contributed by atoms with E-state index in [0.29, 0.717) is 28.3 Å². The lowest BCUT2D eigenvalue weighted by molar-refractivity contribution is -0.291. The molecule has 1 amide bonds. The lowest BCUT2D eigenvalue weighted by Crippen LogP contribution is -2.34. The summed E-state index contributed by atoms with van der Waals surface area (Å²) < 4.78 is 138. The Bertz CT molecular complexity index is 1360. The third-order valence-corrected chi connectivity index (χ3v) is 5.45. The number of hydrogen-bond donors (Lipinski definition) is 1. The SMILES string of the molecule is Cn1nc(C(F)(F)C(F)(F)F)c(OC(F)F)c1-n1cc(-c2ccc(C(F)(F)F)c(C(=O)NC3CC3)c2)cn1. The van der Waals surface area contributed by atoms with Gasteiger partial charge in [-0.3, -0.25) is 4.79 Å². The van der Waals surface area contributed by atoms with Gasteiger partial charge in [-0.05, 0) is 30.5 Å². The van der Waals surface area contributed by atoms with Gasteiger partial charge in [0.05, 0.1) is 17.3 Å². The largest absolute Gasteiger partial charge is 0.459 e. The van der Waals surface area contributed by atoms with Gasteiger partial charge in [-0.15, -0.1) is 0 Å². The number of carbonyl (C=O) groups excluding carboxylic acids is 1. The molecule has 1 saturated carbocycles. The van der Waals surface area contributed by atoms with Gasteiger partial charge in [-0.1, -0.05) is 6.07 Å². The van der Waals surface area contributed by atoms with Crippen LogP contribution in [-0.4, -0.2) is 44.3 Å². The molecule has 0 bridgehead atoms. The molecule has 1 N–H and O–H groups in total. The van der Waals surface area contributed by atoms with Crippen LogP contribution in [0.5, 0.6) is 5.75 Å². The molecule has 1 fully saturated rings. The van der Waals surface area contributed by atoms with E-state index in [9.17, 15) is 48.7 Å². The minimum Gasteiger partial charge on any atom is -0.428 e. The Kier molecular flexibility index (Phi) is 6.59. The second kappa shape index (κ2) is 9.20. The van der Waals surface area contributed by atoms with Crippen LogP contribution >= 0.6 is 0 Å². The van der Waals surface area contributed by atoms with Crippen LogP contribution in [0.15, 0.2) is 30.6 Å². The smallest absolute Gasteiger partial charge is 0.428 e. The number of aryl methyl sites for hydroxylation is 1. The fourth-order valence-corrected chi connectivity index (χ4v) is 3.52. The molecule has 1 aliphatic carbocycles. The van der Waals surface area contributed by atoms with Crippen molar-refractivity contribution in [3.8, 4) is 22.7 Å². The summed E-state index contributed by atoms with van der Waals surface area (Å²) >= 11 is 0. The highest BCUT2D eigenvalue weighted by Gasteiger charge is 2.62. The molecule has 3 aromatic rings. The van der Waals surface area contributed by atoms with Gasteiger partial charge in [-0.25, -0.2) is 9.36 Å². The normalized spacial score (nSPS) is 14.7. The summed E-state index contributed by atoms with van der Waals surface area (Å²) in [5.74, 6) is -9.14. The fraction of sp³-hybridized carbons (Fsp3) is 0.381. The molecular weight excluding hydrogens is 544 g/mol. The molecule has 0 radical (unpaired) electrons. The first-order chi connectivity index (χ1) is 17.5. The van der Waals surface area contributed by atoms with E-state index in [0.717, 1.165) is 31.6 Å². The Balaban J connectivity index is 1.79. The number of nitrogens with one attached hydrogen (secondary N) is 1. The molecule has 206 valence electrons. The van der Waals surface area contributed by atoms with Gasteiger partial charge in [0.1, 0.15) is 0 Å². The van der Waals surface area contributed by atoms with E-state index in [2.05, 4.69) is 20.3 Å². The number of amides is 1. The maximum absolute atomic E-state index is 14.0. The molecule has 1 aliphatic rings. The third kappa shape index (κ3) is 5.13. The van der Waals surface area contributed by atoms with E-state index in [1.54, 1.807) is 0 Å². The van der Waals surface area contributed by atoms with Gasteiger partial charge < -0.3 is 10.1 Å². The molecule has 17 heteroatoms. The van der Waals surface area contributed by atoms with Crippen molar-refractivity contribution in [1.82, 2.24) is 24.9 Å². The van der Waals surface area contributed by atoms with Crippen molar-refractivity contribution in [3.63, 3.8) is 0 Å². The first-order valence-corrected chi connectivity index (χ1v) is 10.5. The van der Waals surface area contributed by atoms with Crippen LogP contribution in [0.2, 0.25) is 0 Å². The molecule has 0 atom stereocenters. The van der Waals surface area contributed by atoms with E-state index >= 15 is 0 Å². The molecule has 1 aromatic carbocycles. The second-order valence-electron chi connectivity index (χ2n) is 8.26. The maximum atomic E-state index is 14.0. The number of ether oxygens (including phenoxy) is 1. The predicted molar refractivity (Wildman–Crippen MR) is 108 cm³/mol. The summed E-state index contributed by atoms with van der Waals surface area (Å²) in [6.45, 7) is -3.82. The van der Waals surface area contributed by atoms with Crippen LogP contribution in [0.3, 0.4) is 0 Å². The van der Waals surface area contributed by atoms with Crippen LogP contribution in [0.4, 0.5) is 43.9 Å². The molecule has 2 aromatic heterocycles. The maximum Gasteiger partial charge on any atom is 0.459 e. The Labute approximate surface area is 206 Å². The highest BCUT2D eigenvalue weighted by molar-refractivity contribution is 5.97. The lowest BCUT2D eigenvalue weighted by Gasteiger charge is -2.18. The third-order valence-electron chi connectivity index (χ3n) is 5.45. The number of halogens is 10. The van der Waals surface area contributed by atoms with E-state index in [1.165, 1.54) is 0 Å². The summed E-state index contributed by atoms with van der Waals surface area (Å²) in [6, 6.07) is 2.23. The molecule has 7 nitrogen and oxygen atoms in total. The molecule has 4 rings (SSSR count). The quantitative estimate of drug-likeness (QED) is 0.392. The summed E-state index contributed by atoms with van der Waals surface area (Å²) in [7, 11) is 0.865. The van der Waals surface area contributed by atoms with E-state index in [4.69, 9.17) is 0 Å². The average molecular weight is 559 g/mol. The van der Waals surface area contributed by atoms with Gasteiger partial charge in [0.25, 0.3) is 5.91 Å². The average Bonchev–Trinajstić information content (AvgIpc) is 3.36. The molecule has 2 heterocycles. The zero-order valence-corrected chi connectivity index (χ0v) is 18.8. The molecule has 38 heavy (non-hydrogen) atoms. The van der Waals surface area contributed by atoms with Crippen LogP contribution in [0, 0.1) is 0 Å². The Morgan fingerprint density at radius 2 is 1.74 bits per heavy atom. The van der Waals surface area contributed by atoms with E-state index < -0.39 is 59.2 Å². The van der Waals surface area contributed by atoms with Crippen LogP contribution in [0.25, 0.3) is 16.9 Å². The van der Waals surface area contributed by atoms with Crippen molar-refractivity contribution in [2.75, 3.05) is 0 Å². The van der Waals surface area contributed by atoms with Gasteiger partial charge >= 0.3 is 24.9 Å². The minimum atomic E-state index is -6.20. The minimum absolute atomic E-state index is 0.0236. The van der Waals surface area contributed by atoms with Crippen molar-refractivity contribution < 1.29 is 53.4 Å². The Hall–Kier alpha value is -3.79. The number of hydrogen-bond acceptors (Lipinski definition) is 4. The van der Waals surface area contributed by atoms with Crippen molar-refractivity contribution in [1.29, 1.82) is 0 Å². The zero-order valence-electron chi connectivity index (χ0n) is 18.8. The highest BCUT2D eigenvalue weighted by Crippen LogP contribution is 2.48. The number of benzene rings is 1.